The molecule has 0 aliphatic carbocycles. The van der Waals surface area contributed by atoms with Gasteiger partial charge in [-0.2, -0.15) is 0 Å². The minimum Gasteiger partial charge on any atom is -0.313 e. The molecule has 2 rings (SSSR count). The van der Waals surface area contributed by atoms with Crippen LogP contribution in [0.1, 0.15) is 18.5 Å². The monoisotopic (exact) mass is 355 g/mol. The Balaban J connectivity index is 2.22. The van der Waals surface area contributed by atoms with Crippen molar-refractivity contribution in [2.45, 2.75) is 22.8 Å². The molecule has 100 valence electrons. The third-order valence-electron chi connectivity index (χ3n) is 2.91. The first kappa shape index (κ1) is 14.9. The van der Waals surface area contributed by atoms with Crippen molar-refractivity contribution in [3.8, 4) is 0 Å². The van der Waals surface area contributed by atoms with Crippen molar-refractivity contribution in [2.75, 3.05) is 7.05 Å². The topological polar surface area (TPSA) is 12.0 Å². The molecule has 0 aliphatic heterocycles. The van der Waals surface area contributed by atoms with Crippen LogP contribution < -0.4 is 5.32 Å². The fraction of sp³-hybridized carbons (Fsp3) is 0.200. The minimum absolute atomic E-state index is 0.349. The summed E-state index contributed by atoms with van der Waals surface area (Å²) in [5.74, 6) is 0. The molecule has 2 aromatic rings. The second-order valence-corrected chi connectivity index (χ2v) is 6.67. The van der Waals surface area contributed by atoms with Crippen LogP contribution in [0.15, 0.2) is 56.7 Å². The highest BCUT2D eigenvalue weighted by atomic mass is 79.9. The molecule has 0 amide bonds. The smallest absolute Gasteiger partial charge is 0.0417 e. The van der Waals surface area contributed by atoms with E-state index in [1.54, 1.807) is 11.8 Å². The lowest BCUT2D eigenvalue weighted by atomic mass is 10.1. The molecule has 0 saturated carbocycles. The van der Waals surface area contributed by atoms with Gasteiger partial charge >= 0.3 is 0 Å². The molecule has 0 bridgehead atoms. The fourth-order valence-electron chi connectivity index (χ4n) is 1.69. The van der Waals surface area contributed by atoms with Gasteiger partial charge in [0.25, 0.3) is 0 Å². The zero-order valence-electron chi connectivity index (χ0n) is 10.8. The molecular formula is C15H15BrClNS. The molecule has 0 saturated heterocycles. The van der Waals surface area contributed by atoms with Crippen molar-refractivity contribution in [2.24, 2.45) is 0 Å². The highest BCUT2D eigenvalue weighted by molar-refractivity contribution is 9.10. The van der Waals surface area contributed by atoms with Crippen molar-refractivity contribution in [3.05, 3.63) is 57.5 Å². The van der Waals surface area contributed by atoms with Crippen LogP contribution in [0.3, 0.4) is 0 Å². The summed E-state index contributed by atoms with van der Waals surface area (Å²) in [5, 5.41) is 4.01. The zero-order chi connectivity index (χ0) is 13.8. The van der Waals surface area contributed by atoms with Gasteiger partial charge in [-0.1, -0.05) is 35.5 Å². The Kier molecular flexibility index (Phi) is 5.34. The third-order valence-corrected chi connectivity index (χ3v) is 5.13. The van der Waals surface area contributed by atoms with E-state index in [0.29, 0.717) is 6.04 Å². The molecule has 0 aliphatic rings. The summed E-state index contributed by atoms with van der Waals surface area (Å²) >= 11 is 11.3. The molecule has 0 heterocycles. The van der Waals surface area contributed by atoms with Crippen molar-refractivity contribution < 1.29 is 0 Å². The number of rotatable bonds is 4. The van der Waals surface area contributed by atoms with Crippen molar-refractivity contribution >= 4 is 39.3 Å². The SMILES string of the molecule is CNC(C)c1ccc(Sc2cccc(Cl)c2)c(Br)c1. The van der Waals surface area contributed by atoms with Crippen LogP contribution in [0, 0.1) is 0 Å². The normalized spacial score (nSPS) is 12.4. The van der Waals surface area contributed by atoms with Crippen LogP contribution in [-0.2, 0) is 0 Å². The predicted octanol–water partition coefficient (Wildman–Crippen LogP) is 5.53. The Morgan fingerprint density at radius 3 is 2.63 bits per heavy atom. The van der Waals surface area contributed by atoms with E-state index in [1.165, 1.54) is 10.5 Å². The highest BCUT2D eigenvalue weighted by Crippen LogP contribution is 2.35. The van der Waals surface area contributed by atoms with Crippen molar-refractivity contribution in [1.82, 2.24) is 5.32 Å². The van der Waals surface area contributed by atoms with Gasteiger partial charge in [0, 0.05) is 25.3 Å². The maximum Gasteiger partial charge on any atom is 0.0417 e. The average molecular weight is 357 g/mol. The Bertz CT molecular complexity index is 574. The molecule has 0 radical (unpaired) electrons. The first-order chi connectivity index (χ1) is 9.10. The van der Waals surface area contributed by atoms with Gasteiger partial charge in [-0.15, -0.1) is 0 Å². The summed E-state index contributed by atoms with van der Waals surface area (Å²) in [7, 11) is 1.97. The molecule has 1 unspecified atom stereocenters. The maximum absolute atomic E-state index is 6.00. The summed E-state index contributed by atoms with van der Waals surface area (Å²) in [4.78, 5) is 2.33. The predicted molar refractivity (Wildman–Crippen MR) is 87.2 cm³/mol. The molecule has 4 heteroatoms. The van der Waals surface area contributed by atoms with Crippen molar-refractivity contribution in [1.29, 1.82) is 0 Å². The maximum atomic E-state index is 6.00. The van der Waals surface area contributed by atoms with Crippen LogP contribution in [0.25, 0.3) is 0 Å². The van der Waals surface area contributed by atoms with Gasteiger partial charge in [0.05, 0.1) is 0 Å². The Morgan fingerprint density at radius 1 is 1.21 bits per heavy atom. The van der Waals surface area contributed by atoms with Gasteiger partial charge in [0.2, 0.25) is 0 Å². The standard InChI is InChI=1S/C15H15BrClNS/c1-10(18-2)11-6-7-15(14(16)8-11)19-13-5-3-4-12(17)9-13/h3-10,18H,1-2H3. The first-order valence-electron chi connectivity index (χ1n) is 6.00. The minimum atomic E-state index is 0.349. The van der Waals surface area contributed by atoms with Gasteiger partial charge in [0.15, 0.2) is 0 Å². The second-order valence-electron chi connectivity index (χ2n) is 4.26. The van der Waals surface area contributed by atoms with E-state index in [4.69, 9.17) is 11.6 Å². The van der Waals surface area contributed by atoms with Gasteiger partial charge < -0.3 is 5.32 Å². The van der Waals surface area contributed by atoms with Crippen LogP contribution >= 0.6 is 39.3 Å². The van der Waals surface area contributed by atoms with Gasteiger partial charge in [-0.25, -0.2) is 0 Å². The Morgan fingerprint density at radius 2 is 2.00 bits per heavy atom. The average Bonchev–Trinajstić information content (AvgIpc) is 2.40. The summed E-state index contributed by atoms with van der Waals surface area (Å²) in [6.45, 7) is 2.14. The van der Waals surface area contributed by atoms with E-state index in [-0.39, 0.29) is 0 Å². The molecule has 1 N–H and O–H groups in total. The summed E-state index contributed by atoms with van der Waals surface area (Å²) in [6, 6.07) is 14.7. The third kappa shape index (κ3) is 3.99. The molecule has 0 spiro atoms. The van der Waals surface area contributed by atoms with E-state index in [2.05, 4.69) is 52.4 Å². The number of nitrogens with one attached hydrogen (secondary N) is 1. The number of halogens is 2. The summed E-state index contributed by atoms with van der Waals surface area (Å²) in [6.07, 6.45) is 0. The van der Waals surface area contributed by atoms with Gasteiger partial charge in [0.1, 0.15) is 0 Å². The molecule has 19 heavy (non-hydrogen) atoms. The lowest BCUT2D eigenvalue weighted by Crippen LogP contribution is -2.12. The molecular weight excluding hydrogens is 342 g/mol. The summed E-state index contributed by atoms with van der Waals surface area (Å²) < 4.78 is 1.11. The van der Waals surface area contributed by atoms with Crippen molar-refractivity contribution in [3.63, 3.8) is 0 Å². The van der Waals surface area contributed by atoms with E-state index < -0.39 is 0 Å². The van der Waals surface area contributed by atoms with Crippen LogP contribution in [-0.4, -0.2) is 7.05 Å². The molecule has 0 fully saturated rings. The molecule has 2 aromatic carbocycles. The second kappa shape index (κ2) is 6.80. The largest absolute Gasteiger partial charge is 0.313 e. The van der Waals surface area contributed by atoms with Gasteiger partial charge in [-0.05, 0) is 65.8 Å². The van der Waals surface area contributed by atoms with Crippen LogP contribution in [0.2, 0.25) is 5.02 Å². The highest BCUT2D eigenvalue weighted by Gasteiger charge is 2.07. The van der Waals surface area contributed by atoms with Crippen LogP contribution in [0.5, 0.6) is 0 Å². The number of hydrogen-bond donors (Lipinski definition) is 1. The van der Waals surface area contributed by atoms with E-state index in [1.807, 2.05) is 25.2 Å². The van der Waals surface area contributed by atoms with Crippen LogP contribution in [0.4, 0.5) is 0 Å². The molecule has 1 nitrogen and oxygen atoms in total. The lowest BCUT2D eigenvalue weighted by molar-refractivity contribution is 0.651. The Hall–Kier alpha value is -0.480. The quantitative estimate of drug-likeness (QED) is 0.772. The number of benzene rings is 2. The molecule has 1 atom stereocenters. The first-order valence-corrected chi connectivity index (χ1v) is 7.99. The van der Waals surface area contributed by atoms with Gasteiger partial charge in [-0.3, -0.25) is 0 Å². The molecule has 0 aromatic heterocycles. The Labute approximate surface area is 131 Å². The van der Waals surface area contributed by atoms with E-state index >= 15 is 0 Å². The zero-order valence-corrected chi connectivity index (χ0v) is 13.9. The fourth-order valence-corrected chi connectivity index (χ4v) is 3.47. The lowest BCUT2D eigenvalue weighted by Gasteiger charge is -2.13. The van der Waals surface area contributed by atoms with E-state index in [9.17, 15) is 0 Å². The summed E-state index contributed by atoms with van der Waals surface area (Å²) in [5.41, 5.74) is 1.27. The number of hydrogen-bond acceptors (Lipinski definition) is 2. The van der Waals surface area contributed by atoms with E-state index in [0.717, 1.165) is 14.4 Å².